The first-order valence-electron chi connectivity index (χ1n) is 8.46. The van der Waals surface area contributed by atoms with Crippen molar-refractivity contribution in [1.82, 2.24) is 0 Å². The summed E-state index contributed by atoms with van der Waals surface area (Å²) in [5, 5.41) is 2.43. The molecule has 0 aromatic heterocycles. The van der Waals surface area contributed by atoms with Crippen LogP contribution in [-0.2, 0) is 17.5 Å². The van der Waals surface area contributed by atoms with E-state index in [1.807, 2.05) is 6.92 Å². The first-order valence-corrected chi connectivity index (χ1v) is 8.84. The van der Waals surface area contributed by atoms with Crippen LogP contribution < -0.4 is 15.0 Å². The van der Waals surface area contributed by atoms with Crippen molar-refractivity contribution in [1.29, 1.82) is 0 Å². The second-order valence-corrected chi connectivity index (χ2v) is 6.57. The Bertz CT molecular complexity index is 843. The molecule has 1 atom stereocenters. The van der Waals surface area contributed by atoms with Crippen LogP contribution in [0.3, 0.4) is 0 Å². The van der Waals surface area contributed by atoms with Gasteiger partial charge in [0, 0.05) is 5.56 Å². The number of hydrogen-bond acceptors (Lipinski definition) is 2. The first kappa shape index (κ1) is 22.0. The first-order chi connectivity index (χ1) is 13.1. The summed E-state index contributed by atoms with van der Waals surface area (Å²) < 4.78 is 57.2. The summed E-state index contributed by atoms with van der Waals surface area (Å²) in [5.41, 5.74) is -0.340. The molecule has 2 N–H and O–H groups in total. The van der Waals surface area contributed by atoms with Crippen molar-refractivity contribution < 1.29 is 32.0 Å². The Labute approximate surface area is 165 Å². The van der Waals surface area contributed by atoms with Crippen LogP contribution in [0, 0.1) is 5.82 Å². The second kappa shape index (κ2) is 9.25. The second-order valence-electron chi connectivity index (χ2n) is 6.17. The number of nitrogens with one attached hydrogen (secondary N) is 2. The highest BCUT2D eigenvalue weighted by Gasteiger charge is 2.31. The fraction of sp³-hybridized carbons (Fsp3) is 0.316. The number of hydrogen-bond donors (Lipinski definition) is 2. The number of ether oxygens (including phenoxy) is 1. The molecular formula is C19H20ClF4N2O2+. The fourth-order valence-corrected chi connectivity index (χ4v) is 2.80. The molecule has 0 spiro atoms. The molecule has 0 fully saturated rings. The molecule has 152 valence electrons. The lowest BCUT2D eigenvalue weighted by Crippen LogP contribution is -3.11. The average Bonchev–Trinajstić information content (AvgIpc) is 2.62. The Kier molecular flexibility index (Phi) is 7.26. The SMILES string of the molecule is CC[NH+](CC(=O)Nc1cc(C(F)(F)F)ccc1Cl)Cc1ccc(OC)c(F)c1. The molecule has 0 bridgehead atoms. The van der Waals surface area contributed by atoms with Gasteiger partial charge in [-0.25, -0.2) is 4.39 Å². The molecule has 0 aliphatic heterocycles. The van der Waals surface area contributed by atoms with E-state index in [0.717, 1.165) is 23.1 Å². The van der Waals surface area contributed by atoms with Gasteiger partial charge in [-0.15, -0.1) is 0 Å². The lowest BCUT2D eigenvalue weighted by molar-refractivity contribution is -0.903. The zero-order valence-electron chi connectivity index (χ0n) is 15.3. The van der Waals surface area contributed by atoms with E-state index >= 15 is 0 Å². The molecule has 0 saturated carbocycles. The molecular weight excluding hydrogens is 400 g/mol. The summed E-state index contributed by atoms with van der Waals surface area (Å²) >= 11 is 5.89. The van der Waals surface area contributed by atoms with Crippen molar-refractivity contribution in [2.45, 2.75) is 19.6 Å². The van der Waals surface area contributed by atoms with Crippen molar-refractivity contribution in [2.75, 3.05) is 25.5 Å². The number of amides is 1. The minimum absolute atomic E-state index is 0.0108. The van der Waals surface area contributed by atoms with E-state index in [4.69, 9.17) is 16.3 Å². The maximum absolute atomic E-state index is 13.8. The number of carbonyl (C=O) groups excluding carboxylic acids is 1. The van der Waals surface area contributed by atoms with E-state index in [-0.39, 0.29) is 23.0 Å². The smallest absolute Gasteiger partial charge is 0.416 e. The quantitative estimate of drug-likeness (QED) is 0.674. The number of carbonyl (C=O) groups is 1. The molecule has 0 aliphatic carbocycles. The van der Waals surface area contributed by atoms with Gasteiger partial charge in [-0.3, -0.25) is 4.79 Å². The van der Waals surface area contributed by atoms with Crippen LogP contribution in [0.15, 0.2) is 36.4 Å². The van der Waals surface area contributed by atoms with E-state index < -0.39 is 23.5 Å². The zero-order valence-corrected chi connectivity index (χ0v) is 16.0. The molecule has 1 amide bonds. The average molecular weight is 420 g/mol. The van der Waals surface area contributed by atoms with Crippen LogP contribution in [0.1, 0.15) is 18.1 Å². The fourth-order valence-electron chi connectivity index (χ4n) is 2.64. The number of likely N-dealkylation sites (N-methyl/N-ethyl adjacent to an activating group) is 1. The van der Waals surface area contributed by atoms with Crippen molar-refractivity contribution in [3.8, 4) is 5.75 Å². The van der Waals surface area contributed by atoms with E-state index in [0.29, 0.717) is 18.7 Å². The lowest BCUT2D eigenvalue weighted by Gasteiger charge is -2.18. The van der Waals surface area contributed by atoms with Crippen molar-refractivity contribution in [3.63, 3.8) is 0 Å². The molecule has 2 aromatic rings. The number of anilines is 1. The van der Waals surface area contributed by atoms with Crippen molar-refractivity contribution in [2.24, 2.45) is 0 Å². The molecule has 2 rings (SSSR count). The predicted octanol–water partition coefficient (Wildman–Crippen LogP) is 3.55. The van der Waals surface area contributed by atoms with Gasteiger partial charge in [0.15, 0.2) is 18.1 Å². The minimum Gasteiger partial charge on any atom is -0.494 e. The number of halogens is 5. The normalized spacial score (nSPS) is 12.5. The molecule has 0 heterocycles. The maximum Gasteiger partial charge on any atom is 0.416 e. The van der Waals surface area contributed by atoms with Crippen LogP contribution in [0.4, 0.5) is 23.2 Å². The van der Waals surface area contributed by atoms with E-state index in [9.17, 15) is 22.4 Å². The maximum atomic E-state index is 13.8. The molecule has 0 aliphatic rings. The summed E-state index contributed by atoms with van der Waals surface area (Å²) in [7, 11) is 1.37. The number of benzene rings is 2. The highest BCUT2D eigenvalue weighted by molar-refractivity contribution is 6.33. The van der Waals surface area contributed by atoms with Gasteiger partial charge < -0.3 is 15.0 Å². The molecule has 9 heteroatoms. The van der Waals surface area contributed by atoms with Crippen LogP contribution in [0.5, 0.6) is 5.75 Å². The monoisotopic (exact) mass is 419 g/mol. The van der Waals surface area contributed by atoms with Crippen LogP contribution in [0.25, 0.3) is 0 Å². The van der Waals surface area contributed by atoms with Crippen LogP contribution >= 0.6 is 11.6 Å². The molecule has 0 saturated heterocycles. The largest absolute Gasteiger partial charge is 0.494 e. The van der Waals surface area contributed by atoms with Gasteiger partial charge in [0.05, 0.1) is 29.9 Å². The van der Waals surface area contributed by atoms with Gasteiger partial charge >= 0.3 is 6.18 Å². The van der Waals surface area contributed by atoms with E-state index in [2.05, 4.69) is 5.32 Å². The molecule has 4 nitrogen and oxygen atoms in total. The summed E-state index contributed by atoms with van der Waals surface area (Å²) in [6, 6.07) is 7.25. The van der Waals surface area contributed by atoms with Gasteiger partial charge in [0.25, 0.3) is 5.91 Å². The standard InChI is InChI=1S/C19H19ClF4N2O2/c1-3-26(10-12-4-7-17(28-2)15(21)8-12)11-18(27)25-16-9-13(19(22,23)24)5-6-14(16)20/h4-9H,3,10-11H2,1-2H3,(H,25,27)/p+1. The van der Waals surface area contributed by atoms with Gasteiger partial charge in [-0.2, -0.15) is 13.2 Å². The molecule has 0 radical (unpaired) electrons. The number of methoxy groups -OCH3 is 1. The third-order valence-electron chi connectivity index (χ3n) is 4.15. The summed E-state index contributed by atoms with van der Waals surface area (Å²) in [6.07, 6.45) is -4.54. The number of rotatable bonds is 7. The van der Waals surface area contributed by atoms with Crippen LogP contribution in [0.2, 0.25) is 5.02 Å². The Morgan fingerprint density at radius 3 is 2.50 bits per heavy atom. The summed E-state index contributed by atoms with van der Waals surface area (Å²) in [6.45, 7) is 2.75. The summed E-state index contributed by atoms with van der Waals surface area (Å²) in [5.74, 6) is -0.874. The van der Waals surface area contributed by atoms with Gasteiger partial charge in [-0.1, -0.05) is 11.6 Å². The highest BCUT2D eigenvalue weighted by Crippen LogP contribution is 2.33. The third kappa shape index (κ3) is 5.84. The number of alkyl halides is 3. The lowest BCUT2D eigenvalue weighted by atomic mass is 10.2. The Morgan fingerprint density at radius 1 is 1.21 bits per heavy atom. The predicted molar refractivity (Wildman–Crippen MR) is 98.1 cm³/mol. The molecule has 1 unspecified atom stereocenters. The van der Waals surface area contributed by atoms with E-state index in [1.165, 1.54) is 19.2 Å². The van der Waals surface area contributed by atoms with Crippen molar-refractivity contribution >= 4 is 23.2 Å². The molecule has 2 aromatic carbocycles. The van der Waals surface area contributed by atoms with Crippen LogP contribution in [-0.4, -0.2) is 26.1 Å². The highest BCUT2D eigenvalue weighted by atomic mass is 35.5. The summed E-state index contributed by atoms with van der Waals surface area (Å²) in [4.78, 5) is 13.1. The van der Waals surface area contributed by atoms with Gasteiger partial charge in [0.1, 0.15) is 6.54 Å². The van der Waals surface area contributed by atoms with Crippen molar-refractivity contribution in [3.05, 3.63) is 58.4 Å². The van der Waals surface area contributed by atoms with Gasteiger partial charge in [-0.05, 0) is 43.3 Å². The van der Waals surface area contributed by atoms with E-state index in [1.54, 1.807) is 6.07 Å². The topological polar surface area (TPSA) is 42.8 Å². The Hall–Kier alpha value is -2.32. The van der Waals surface area contributed by atoms with Gasteiger partial charge in [0.2, 0.25) is 0 Å². The zero-order chi connectivity index (χ0) is 20.9. The third-order valence-corrected chi connectivity index (χ3v) is 4.48. The Morgan fingerprint density at radius 2 is 1.93 bits per heavy atom. The molecule has 28 heavy (non-hydrogen) atoms. The Balaban J connectivity index is 2.05. The number of quaternary nitrogens is 1. The minimum atomic E-state index is -4.54.